The van der Waals surface area contributed by atoms with Gasteiger partial charge in [0, 0.05) is 29.6 Å². The Balaban J connectivity index is 1.02. The third kappa shape index (κ3) is 5.47. The molecule has 2 aliphatic heterocycles. The van der Waals surface area contributed by atoms with Gasteiger partial charge in [0.1, 0.15) is 18.1 Å². The molecule has 3 aromatic rings. The number of hydrogen-bond donors (Lipinski definition) is 2. The maximum atomic E-state index is 11.0. The minimum absolute atomic E-state index is 0.0302. The molecule has 214 valence electrons. The van der Waals surface area contributed by atoms with Crippen LogP contribution in [0.5, 0.6) is 11.5 Å². The zero-order chi connectivity index (χ0) is 28.0. The Morgan fingerprint density at radius 2 is 1.88 bits per heavy atom. The molecule has 3 fully saturated rings. The van der Waals surface area contributed by atoms with Gasteiger partial charge < -0.3 is 25.2 Å². The molecule has 0 bridgehead atoms. The number of fused-ring (bicyclic) bond motifs is 2. The number of carboxylic acids is 1. The minimum atomic E-state index is -0.729. The molecule has 0 amide bonds. The number of nitrogens with zero attached hydrogens (tertiary/aromatic N) is 1. The van der Waals surface area contributed by atoms with Gasteiger partial charge in [0.15, 0.2) is 0 Å². The summed E-state index contributed by atoms with van der Waals surface area (Å²) in [7, 11) is 0. The van der Waals surface area contributed by atoms with E-state index in [1.165, 1.54) is 40.7 Å². The van der Waals surface area contributed by atoms with Gasteiger partial charge in [-0.05, 0) is 91.3 Å². The molecular weight excluding hydrogens is 512 g/mol. The zero-order valence-corrected chi connectivity index (χ0v) is 23.6. The van der Waals surface area contributed by atoms with Crippen LogP contribution in [0.25, 0.3) is 0 Å². The molecule has 6 nitrogen and oxygen atoms in total. The third-order valence-electron chi connectivity index (χ3n) is 9.98. The number of benzene rings is 3. The monoisotopic (exact) mass is 552 g/mol. The highest BCUT2D eigenvalue weighted by molar-refractivity contribution is 5.66. The first-order chi connectivity index (χ1) is 20.0. The number of carboxylic acid groups (broad SMARTS) is 1. The van der Waals surface area contributed by atoms with Crippen LogP contribution in [0.2, 0.25) is 0 Å². The number of nitrogens with two attached hydrogens (primary N) is 1. The summed E-state index contributed by atoms with van der Waals surface area (Å²) >= 11 is 0. The van der Waals surface area contributed by atoms with Gasteiger partial charge in [0.25, 0.3) is 0 Å². The van der Waals surface area contributed by atoms with Crippen LogP contribution in [0.1, 0.15) is 84.2 Å². The standard InChI is InChI=1S/C35H40N2O4/c36-34(24-4-2-1-3-5-24)30-20-29(30)25-8-10-28(23-6-7-23)26(18-25)21-40-27-9-11-31-32(19-27)41-22-35(31)13-16-37(17-14-35)15-12-33(38)39/h1-5,8-11,18-19,23,29-30,34H,6-7,12-17,20-22,36H2,(H,38,39)/t29?,30?,34-/m1/s1. The number of carbonyl (C=O) groups is 1. The number of hydrogen-bond acceptors (Lipinski definition) is 5. The van der Waals surface area contributed by atoms with E-state index >= 15 is 0 Å². The Morgan fingerprint density at radius 3 is 2.63 bits per heavy atom. The predicted octanol–water partition coefficient (Wildman–Crippen LogP) is 6.15. The number of rotatable bonds is 10. The van der Waals surface area contributed by atoms with Gasteiger partial charge in [-0.25, -0.2) is 0 Å². The molecule has 2 unspecified atom stereocenters. The molecule has 0 radical (unpaired) electrons. The summed E-state index contributed by atoms with van der Waals surface area (Å²) in [6, 6.07) is 24.0. The van der Waals surface area contributed by atoms with Crippen molar-refractivity contribution in [1.82, 2.24) is 4.90 Å². The Labute approximate surface area is 242 Å². The van der Waals surface area contributed by atoms with Gasteiger partial charge in [-0.15, -0.1) is 0 Å². The van der Waals surface area contributed by atoms with Crippen LogP contribution in [-0.4, -0.2) is 42.2 Å². The molecule has 41 heavy (non-hydrogen) atoms. The smallest absolute Gasteiger partial charge is 0.304 e. The van der Waals surface area contributed by atoms with Gasteiger partial charge in [-0.3, -0.25) is 4.79 Å². The van der Waals surface area contributed by atoms with E-state index in [0.717, 1.165) is 43.9 Å². The second-order valence-corrected chi connectivity index (χ2v) is 12.7. The van der Waals surface area contributed by atoms with E-state index in [9.17, 15) is 4.79 Å². The molecule has 3 atom stereocenters. The third-order valence-corrected chi connectivity index (χ3v) is 9.98. The van der Waals surface area contributed by atoms with Crippen LogP contribution in [0.15, 0.2) is 66.7 Å². The second-order valence-electron chi connectivity index (χ2n) is 12.7. The van der Waals surface area contributed by atoms with Crippen molar-refractivity contribution in [2.75, 3.05) is 26.2 Å². The fourth-order valence-electron chi connectivity index (χ4n) is 7.17. The van der Waals surface area contributed by atoms with Gasteiger partial charge in [-0.1, -0.05) is 54.6 Å². The average molecular weight is 553 g/mol. The van der Waals surface area contributed by atoms with Gasteiger partial charge in [0.05, 0.1) is 13.0 Å². The summed E-state index contributed by atoms with van der Waals surface area (Å²) in [5.74, 6) is 2.72. The van der Waals surface area contributed by atoms with Crippen molar-refractivity contribution in [3.05, 3.63) is 94.5 Å². The van der Waals surface area contributed by atoms with Gasteiger partial charge >= 0.3 is 5.97 Å². The lowest BCUT2D eigenvalue weighted by Crippen LogP contribution is -2.44. The average Bonchev–Trinajstić information content (AvgIpc) is 3.94. The lowest BCUT2D eigenvalue weighted by molar-refractivity contribution is -0.137. The molecule has 7 rings (SSSR count). The maximum Gasteiger partial charge on any atom is 0.304 e. The molecule has 6 heteroatoms. The fourth-order valence-corrected chi connectivity index (χ4v) is 7.17. The molecule has 4 aliphatic rings. The number of aliphatic carboxylic acids is 1. The Bertz CT molecular complexity index is 1410. The number of piperidine rings is 1. The quantitative estimate of drug-likeness (QED) is 0.314. The number of likely N-dealkylation sites (tertiary alicyclic amines) is 1. The molecule has 2 saturated carbocycles. The summed E-state index contributed by atoms with van der Waals surface area (Å²) in [6.07, 6.45) is 5.86. The van der Waals surface area contributed by atoms with Crippen LogP contribution in [0.3, 0.4) is 0 Å². The van der Waals surface area contributed by atoms with Crippen molar-refractivity contribution in [2.45, 2.75) is 68.4 Å². The highest BCUT2D eigenvalue weighted by atomic mass is 16.5. The second kappa shape index (κ2) is 10.8. The molecule has 2 aliphatic carbocycles. The lowest BCUT2D eigenvalue weighted by atomic mass is 9.74. The number of ether oxygens (including phenoxy) is 2. The van der Waals surface area contributed by atoms with Crippen LogP contribution < -0.4 is 15.2 Å². The molecule has 1 spiro atoms. The molecular formula is C35H40N2O4. The summed E-state index contributed by atoms with van der Waals surface area (Å²) in [6.45, 7) is 3.70. The summed E-state index contributed by atoms with van der Waals surface area (Å²) in [5.41, 5.74) is 13.3. The van der Waals surface area contributed by atoms with Crippen LogP contribution in [-0.2, 0) is 16.8 Å². The summed E-state index contributed by atoms with van der Waals surface area (Å²) < 4.78 is 12.6. The largest absolute Gasteiger partial charge is 0.492 e. The van der Waals surface area contributed by atoms with E-state index < -0.39 is 5.97 Å². The summed E-state index contributed by atoms with van der Waals surface area (Å²) in [5, 5.41) is 9.01. The maximum absolute atomic E-state index is 11.0. The first kappa shape index (κ1) is 26.5. The molecule has 0 aromatic heterocycles. The van der Waals surface area contributed by atoms with Gasteiger partial charge in [0.2, 0.25) is 0 Å². The van der Waals surface area contributed by atoms with E-state index in [0.29, 0.717) is 37.5 Å². The van der Waals surface area contributed by atoms with Crippen molar-refractivity contribution in [3.8, 4) is 11.5 Å². The van der Waals surface area contributed by atoms with Crippen molar-refractivity contribution in [3.63, 3.8) is 0 Å². The minimum Gasteiger partial charge on any atom is -0.492 e. The first-order valence-corrected chi connectivity index (χ1v) is 15.3. The van der Waals surface area contributed by atoms with Crippen molar-refractivity contribution in [1.29, 1.82) is 0 Å². The normalized spacial score (nSPS) is 23.5. The molecule has 1 saturated heterocycles. The van der Waals surface area contributed by atoms with E-state index in [1.807, 2.05) is 6.07 Å². The molecule has 3 aromatic carbocycles. The van der Waals surface area contributed by atoms with Crippen molar-refractivity contribution in [2.24, 2.45) is 11.7 Å². The Kier molecular flexibility index (Phi) is 7.00. The SMILES string of the molecule is N[C@H](c1ccccc1)C1CC1c1ccc(C2CC2)c(COc2ccc3c(c2)OCC32CCN(CCC(=O)O)CC2)c1. The van der Waals surface area contributed by atoms with E-state index in [2.05, 4.69) is 65.6 Å². The van der Waals surface area contributed by atoms with Gasteiger partial charge in [-0.2, -0.15) is 0 Å². The van der Waals surface area contributed by atoms with Crippen LogP contribution in [0, 0.1) is 5.92 Å². The van der Waals surface area contributed by atoms with Crippen LogP contribution >= 0.6 is 0 Å². The topological polar surface area (TPSA) is 85.0 Å². The lowest BCUT2D eigenvalue weighted by Gasteiger charge is -2.38. The van der Waals surface area contributed by atoms with Crippen molar-refractivity contribution < 1.29 is 19.4 Å². The summed E-state index contributed by atoms with van der Waals surface area (Å²) in [4.78, 5) is 13.2. The highest BCUT2D eigenvalue weighted by Crippen LogP contribution is 2.54. The van der Waals surface area contributed by atoms with Crippen molar-refractivity contribution >= 4 is 5.97 Å². The first-order valence-electron chi connectivity index (χ1n) is 15.3. The van der Waals surface area contributed by atoms with E-state index in [4.69, 9.17) is 20.3 Å². The Morgan fingerprint density at radius 1 is 1.07 bits per heavy atom. The zero-order valence-electron chi connectivity index (χ0n) is 23.6. The highest BCUT2D eigenvalue weighted by Gasteiger charge is 2.44. The van der Waals surface area contributed by atoms with E-state index in [1.54, 1.807) is 0 Å². The van der Waals surface area contributed by atoms with Crippen LogP contribution in [0.4, 0.5) is 0 Å². The van der Waals surface area contributed by atoms with E-state index in [-0.39, 0.29) is 17.9 Å². The fraction of sp³-hybridized carbons (Fsp3) is 0.457. The molecule has 2 heterocycles. The Hall–Kier alpha value is -3.35. The molecule has 3 N–H and O–H groups in total. The predicted molar refractivity (Wildman–Crippen MR) is 159 cm³/mol.